The quantitative estimate of drug-likeness (QED) is 0.162. The topological polar surface area (TPSA) is 72.5 Å². The van der Waals surface area contributed by atoms with E-state index in [9.17, 15) is 14.4 Å². The lowest BCUT2D eigenvalue weighted by Crippen LogP contribution is -2.24. The molecule has 0 spiro atoms. The molecule has 240 valence electrons. The fraction of sp³-hybridized carbons (Fsp3) is 0.195. The molecule has 2 aliphatic carbocycles. The van der Waals surface area contributed by atoms with E-state index >= 15 is 0 Å². The lowest BCUT2D eigenvalue weighted by Gasteiger charge is -2.27. The molecule has 0 radical (unpaired) electrons. The zero-order valence-electron chi connectivity index (χ0n) is 26.8. The zero-order chi connectivity index (χ0) is 33.2. The second-order valence-corrected chi connectivity index (χ2v) is 14.4. The second-order valence-electron chi connectivity index (χ2n) is 12.2. The molecule has 0 unspecified atom stereocenters. The van der Waals surface area contributed by atoms with Crippen LogP contribution in [-0.2, 0) is 9.53 Å². The van der Waals surface area contributed by atoms with Crippen LogP contribution in [0, 0.1) is 5.92 Å². The first-order valence-corrected chi connectivity index (χ1v) is 17.8. The number of nitrogens with one attached hydrogen (secondary N) is 1. The van der Waals surface area contributed by atoms with Crippen LogP contribution >= 0.6 is 23.5 Å². The van der Waals surface area contributed by atoms with E-state index in [1.165, 1.54) is 36.2 Å². The molecule has 1 fully saturated rings. The van der Waals surface area contributed by atoms with E-state index in [1.54, 1.807) is 13.1 Å². The molecule has 5 aromatic carbocycles. The number of carbonyl (C=O) groups excluding carboxylic acids is 3. The highest BCUT2D eigenvalue weighted by molar-refractivity contribution is 8.00. The number of hydrogen-bond acceptors (Lipinski definition) is 7. The SMILES string of the molecule is CNc1cccc2c1C(=O)c1c(Sc3ccccc3)ccc(Sc3ccc(-c4ccc(C5CCC(C(=O)OC)CC5)cc4)cc3)c1C2=O. The third-order valence-corrected chi connectivity index (χ3v) is 11.6. The number of ether oxygens (including phenoxy) is 1. The Morgan fingerprint density at radius 2 is 1.23 bits per heavy atom. The molecular weight excluding hydrogens is 635 g/mol. The summed E-state index contributed by atoms with van der Waals surface area (Å²) in [4.78, 5) is 43.8. The van der Waals surface area contributed by atoms with Crippen LogP contribution < -0.4 is 5.32 Å². The Morgan fingerprint density at radius 3 is 1.83 bits per heavy atom. The van der Waals surface area contributed by atoms with Gasteiger partial charge in [-0.1, -0.05) is 90.3 Å². The first-order chi connectivity index (χ1) is 23.4. The molecule has 2 aliphatic rings. The molecule has 48 heavy (non-hydrogen) atoms. The number of hydrogen-bond donors (Lipinski definition) is 1. The number of ketones is 2. The minimum Gasteiger partial charge on any atom is -0.469 e. The van der Waals surface area contributed by atoms with Gasteiger partial charge in [0.05, 0.1) is 18.6 Å². The summed E-state index contributed by atoms with van der Waals surface area (Å²) in [6.07, 6.45) is 3.74. The van der Waals surface area contributed by atoms with Gasteiger partial charge in [-0.15, -0.1) is 0 Å². The normalized spacial score (nSPS) is 17.0. The number of benzene rings is 5. The molecule has 0 aliphatic heterocycles. The number of anilines is 1. The van der Waals surface area contributed by atoms with E-state index < -0.39 is 0 Å². The summed E-state index contributed by atoms with van der Waals surface area (Å²) in [5.74, 6) is 0.136. The van der Waals surface area contributed by atoms with Gasteiger partial charge >= 0.3 is 5.97 Å². The fourth-order valence-electron chi connectivity index (χ4n) is 6.87. The predicted octanol–water partition coefficient (Wildman–Crippen LogP) is 9.92. The first kappa shape index (κ1) is 32.0. The van der Waals surface area contributed by atoms with Gasteiger partial charge in [0, 0.05) is 49.0 Å². The van der Waals surface area contributed by atoms with E-state index in [2.05, 4.69) is 53.8 Å². The minimum atomic E-state index is -0.138. The molecule has 5 aromatic rings. The number of esters is 1. The van der Waals surface area contributed by atoms with E-state index in [0.717, 1.165) is 56.4 Å². The highest BCUT2D eigenvalue weighted by Gasteiger charge is 2.36. The van der Waals surface area contributed by atoms with Crippen molar-refractivity contribution in [3.05, 3.63) is 137 Å². The highest BCUT2D eigenvalue weighted by atomic mass is 32.2. The number of methoxy groups -OCH3 is 1. The Morgan fingerprint density at radius 1 is 0.646 bits per heavy atom. The fourth-order valence-corrected chi connectivity index (χ4v) is 8.81. The van der Waals surface area contributed by atoms with Gasteiger partial charge in [-0.3, -0.25) is 14.4 Å². The molecule has 0 heterocycles. The monoisotopic (exact) mass is 669 g/mol. The van der Waals surface area contributed by atoms with Crippen molar-refractivity contribution in [3.8, 4) is 11.1 Å². The summed E-state index contributed by atoms with van der Waals surface area (Å²) in [7, 11) is 3.24. The molecule has 0 amide bonds. The van der Waals surface area contributed by atoms with Gasteiger partial charge in [0.15, 0.2) is 11.6 Å². The molecule has 5 nitrogen and oxygen atoms in total. The van der Waals surface area contributed by atoms with Gasteiger partial charge < -0.3 is 10.1 Å². The maximum absolute atomic E-state index is 14.2. The molecule has 7 heteroatoms. The third-order valence-electron chi connectivity index (χ3n) is 9.42. The van der Waals surface area contributed by atoms with Crippen molar-refractivity contribution in [3.63, 3.8) is 0 Å². The largest absolute Gasteiger partial charge is 0.469 e. The summed E-state index contributed by atoms with van der Waals surface area (Å²) in [5.41, 5.74) is 6.00. The number of rotatable bonds is 8. The molecule has 0 bridgehead atoms. The van der Waals surface area contributed by atoms with Gasteiger partial charge in [-0.05, 0) is 90.8 Å². The maximum atomic E-state index is 14.2. The maximum Gasteiger partial charge on any atom is 0.308 e. The zero-order valence-corrected chi connectivity index (χ0v) is 28.5. The third kappa shape index (κ3) is 6.20. The van der Waals surface area contributed by atoms with Crippen LogP contribution in [0.2, 0.25) is 0 Å². The van der Waals surface area contributed by atoms with Gasteiger partial charge in [-0.2, -0.15) is 0 Å². The second kappa shape index (κ2) is 13.9. The Kier molecular flexibility index (Phi) is 9.24. The highest BCUT2D eigenvalue weighted by Crippen LogP contribution is 2.44. The smallest absolute Gasteiger partial charge is 0.308 e. The van der Waals surface area contributed by atoms with Crippen LogP contribution in [0.3, 0.4) is 0 Å². The Labute approximate surface area is 289 Å². The number of fused-ring (bicyclic) bond motifs is 2. The van der Waals surface area contributed by atoms with E-state index in [0.29, 0.717) is 33.9 Å². The average Bonchev–Trinajstić information content (AvgIpc) is 3.14. The summed E-state index contributed by atoms with van der Waals surface area (Å²) >= 11 is 3.01. The number of carbonyl (C=O) groups is 3. The summed E-state index contributed by atoms with van der Waals surface area (Å²) in [6.45, 7) is 0. The molecule has 0 aromatic heterocycles. The van der Waals surface area contributed by atoms with Crippen LogP contribution in [0.4, 0.5) is 5.69 Å². The lowest BCUT2D eigenvalue weighted by molar-refractivity contribution is -0.146. The first-order valence-electron chi connectivity index (χ1n) is 16.2. The van der Waals surface area contributed by atoms with Crippen molar-refractivity contribution in [1.82, 2.24) is 0 Å². The van der Waals surface area contributed by atoms with Crippen molar-refractivity contribution in [1.29, 1.82) is 0 Å². The van der Waals surface area contributed by atoms with Crippen molar-refractivity contribution in [2.24, 2.45) is 5.92 Å². The van der Waals surface area contributed by atoms with Crippen molar-refractivity contribution < 1.29 is 19.1 Å². The van der Waals surface area contributed by atoms with Gasteiger partial charge in [0.1, 0.15) is 0 Å². The van der Waals surface area contributed by atoms with E-state index in [-0.39, 0.29) is 23.5 Å². The molecule has 1 N–H and O–H groups in total. The van der Waals surface area contributed by atoms with Crippen molar-refractivity contribution in [2.75, 3.05) is 19.5 Å². The van der Waals surface area contributed by atoms with E-state index in [4.69, 9.17) is 4.74 Å². The predicted molar refractivity (Wildman–Crippen MR) is 193 cm³/mol. The summed E-state index contributed by atoms with van der Waals surface area (Å²) < 4.78 is 4.94. The van der Waals surface area contributed by atoms with Gasteiger partial charge in [0.2, 0.25) is 0 Å². The van der Waals surface area contributed by atoms with Crippen molar-refractivity contribution >= 4 is 46.7 Å². The average molecular weight is 670 g/mol. The van der Waals surface area contributed by atoms with Crippen LogP contribution in [0.1, 0.15) is 69.0 Å². The summed E-state index contributed by atoms with van der Waals surface area (Å²) in [5, 5.41) is 3.11. The Hall–Kier alpha value is -4.59. The summed E-state index contributed by atoms with van der Waals surface area (Å²) in [6, 6.07) is 36.4. The van der Waals surface area contributed by atoms with Crippen LogP contribution in [0.15, 0.2) is 129 Å². The molecule has 0 saturated heterocycles. The van der Waals surface area contributed by atoms with Crippen LogP contribution in [0.5, 0.6) is 0 Å². The van der Waals surface area contributed by atoms with E-state index in [1.807, 2.05) is 54.6 Å². The molecule has 7 rings (SSSR count). The minimum absolute atomic E-state index is 0.0270. The van der Waals surface area contributed by atoms with Gasteiger partial charge in [-0.25, -0.2) is 0 Å². The van der Waals surface area contributed by atoms with Gasteiger partial charge in [0.25, 0.3) is 0 Å². The Balaban J connectivity index is 1.14. The van der Waals surface area contributed by atoms with Crippen molar-refractivity contribution in [2.45, 2.75) is 51.2 Å². The van der Waals surface area contributed by atoms with Crippen LogP contribution in [0.25, 0.3) is 11.1 Å². The standard InChI is InChI=1S/C41H35NO4S2/c1-42-33-10-6-9-32-36(33)40(44)38-35(47-30-7-4-3-5-8-30)24-23-34(37(38)39(32)43)48-31-21-19-28(20-22-31)26-13-11-25(12-14-26)27-15-17-29(18-16-27)41(45)46-2/h3-14,19-24,27,29,42H,15-18H2,1-2H3. The molecule has 0 atom stereocenters. The molecular formula is C41H35NO4S2. The van der Waals surface area contributed by atoms with Crippen LogP contribution in [-0.4, -0.2) is 31.7 Å². The Bertz CT molecular complexity index is 2000. The lowest BCUT2D eigenvalue weighted by atomic mass is 9.78. The molecule has 1 saturated carbocycles.